The van der Waals surface area contributed by atoms with Crippen molar-refractivity contribution in [2.45, 2.75) is 44.0 Å². The topological polar surface area (TPSA) is 58.2 Å². The molecular weight excluding hydrogens is 260 g/mol. The molecule has 0 bridgehead atoms. The lowest BCUT2D eigenvalue weighted by atomic mass is 9.92. The molecule has 106 valence electrons. The number of nitrogens with one attached hydrogen (secondary N) is 2. The number of hydrogen-bond donors (Lipinski definition) is 2. The Bertz CT molecular complexity index is 535. The molecule has 5 heteroatoms. The van der Waals surface area contributed by atoms with Gasteiger partial charge in [-0.1, -0.05) is 13.8 Å². The summed E-state index contributed by atoms with van der Waals surface area (Å²) in [6.07, 6.45) is 3.56. The maximum Gasteiger partial charge on any atom is 0.240 e. The molecule has 1 unspecified atom stereocenters. The van der Waals surface area contributed by atoms with Gasteiger partial charge in [0.25, 0.3) is 0 Å². The summed E-state index contributed by atoms with van der Waals surface area (Å²) in [5.74, 6) is 0. The Kier molecular flexibility index (Phi) is 3.87. The van der Waals surface area contributed by atoms with Crippen LogP contribution < -0.4 is 10.0 Å². The first-order valence-electron chi connectivity index (χ1n) is 6.63. The van der Waals surface area contributed by atoms with Crippen LogP contribution >= 0.6 is 0 Å². The Labute approximate surface area is 115 Å². The highest BCUT2D eigenvalue weighted by atomic mass is 32.2. The Morgan fingerprint density at radius 2 is 1.84 bits per heavy atom. The molecule has 1 aliphatic rings. The fourth-order valence-electron chi connectivity index (χ4n) is 2.64. The average Bonchev–Trinajstić information content (AvgIpc) is 2.69. The van der Waals surface area contributed by atoms with Gasteiger partial charge >= 0.3 is 0 Å². The summed E-state index contributed by atoms with van der Waals surface area (Å²) in [5, 5.41) is 3.48. The van der Waals surface area contributed by atoms with E-state index in [1.165, 1.54) is 19.9 Å². The molecule has 2 rings (SSSR count). The van der Waals surface area contributed by atoms with Crippen molar-refractivity contribution < 1.29 is 8.42 Å². The zero-order valence-electron chi connectivity index (χ0n) is 11.7. The van der Waals surface area contributed by atoms with Crippen molar-refractivity contribution in [3.05, 3.63) is 24.3 Å². The first kappa shape index (κ1) is 14.3. The van der Waals surface area contributed by atoms with Gasteiger partial charge < -0.3 is 5.32 Å². The molecule has 0 heterocycles. The minimum atomic E-state index is -3.34. The average molecular weight is 282 g/mol. The van der Waals surface area contributed by atoms with Crippen LogP contribution in [-0.4, -0.2) is 21.5 Å². The summed E-state index contributed by atoms with van der Waals surface area (Å²) < 4.78 is 25.5. The Morgan fingerprint density at radius 1 is 1.21 bits per heavy atom. The quantitative estimate of drug-likeness (QED) is 0.892. The van der Waals surface area contributed by atoms with Crippen molar-refractivity contribution in [3.8, 4) is 0 Å². The van der Waals surface area contributed by atoms with E-state index in [-0.39, 0.29) is 0 Å². The number of benzene rings is 1. The summed E-state index contributed by atoms with van der Waals surface area (Å²) in [5.41, 5.74) is 1.39. The zero-order valence-corrected chi connectivity index (χ0v) is 12.5. The van der Waals surface area contributed by atoms with Crippen LogP contribution in [0.3, 0.4) is 0 Å². The third-order valence-electron chi connectivity index (χ3n) is 3.77. The van der Waals surface area contributed by atoms with E-state index in [1.54, 1.807) is 12.1 Å². The molecule has 1 aromatic rings. The van der Waals surface area contributed by atoms with Gasteiger partial charge in [0.2, 0.25) is 10.0 Å². The molecule has 0 saturated heterocycles. The van der Waals surface area contributed by atoms with Crippen LogP contribution in [0.2, 0.25) is 0 Å². The van der Waals surface area contributed by atoms with Crippen LogP contribution in [0, 0.1) is 5.41 Å². The molecule has 0 amide bonds. The lowest BCUT2D eigenvalue weighted by Crippen LogP contribution is -2.19. The van der Waals surface area contributed by atoms with Crippen molar-refractivity contribution >= 4 is 15.7 Å². The molecule has 1 aliphatic carbocycles. The largest absolute Gasteiger partial charge is 0.382 e. The van der Waals surface area contributed by atoms with Gasteiger partial charge in [0.05, 0.1) is 4.90 Å². The van der Waals surface area contributed by atoms with Crippen molar-refractivity contribution in [2.75, 3.05) is 12.4 Å². The van der Waals surface area contributed by atoms with Crippen molar-refractivity contribution in [1.29, 1.82) is 0 Å². The third-order valence-corrected chi connectivity index (χ3v) is 5.20. The van der Waals surface area contributed by atoms with Gasteiger partial charge in [-0.15, -0.1) is 0 Å². The van der Waals surface area contributed by atoms with Gasteiger partial charge in [-0.3, -0.25) is 0 Å². The van der Waals surface area contributed by atoms with Crippen molar-refractivity contribution in [3.63, 3.8) is 0 Å². The van der Waals surface area contributed by atoms with E-state index >= 15 is 0 Å². The first-order valence-corrected chi connectivity index (χ1v) is 8.11. The second-order valence-electron chi connectivity index (χ2n) is 5.98. The van der Waals surface area contributed by atoms with Crippen LogP contribution in [0.4, 0.5) is 5.69 Å². The van der Waals surface area contributed by atoms with Gasteiger partial charge in [0.1, 0.15) is 0 Å². The highest BCUT2D eigenvalue weighted by Gasteiger charge is 2.30. The van der Waals surface area contributed by atoms with Gasteiger partial charge in [-0.05, 0) is 56.0 Å². The summed E-state index contributed by atoms with van der Waals surface area (Å²) in [6.45, 7) is 4.58. The van der Waals surface area contributed by atoms with E-state index in [9.17, 15) is 8.42 Å². The molecular formula is C14H22N2O2S. The minimum absolute atomic E-state index is 0.298. The van der Waals surface area contributed by atoms with Crippen molar-refractivity contribution in [1.82, 2.24) is 4.72 Å². The molecule has 19 heavy (non-hydrogen) atoms. The smallest absolute Gasteiger partial charge is 0.240 e. The summed E-state index contributed by atoms with van der Waals surface area (Å²) in [7, 11) is -1.92. The summed E-state index contributed by atoms with van der Waals surface area (Å²) >= 11 is 0. The summed E-state index contributed by atoms with van der Waals surface area (Å²) in [6, 6.07) is 7.41. The van der Waals surface area contributed by atoms with Gasteiger partial charge in [0.15, 0.2) is 0 Å². The Morgan fingerprint density at radius 3 is 2.32 bits per heavy atom. The maximum absolute atomic E-state index is 11.6. The lowest BCUT2D eigenvalue weighted by Gasteiger charge is -2.18. The van der Waals surface area contributed by atoms with E-state index in [2.05, 4.69) is 23.9 Å². The molecule has 2 N–H and O–H groups in total. The molecule has 0 radical (unpaired) electrons. The molecule has 4 nitrogen and oxygen atoms in total. The van der Waals surface area contributed by atoms with Gasteiger partial charge in [-0.25, -0.2) is 13.1 Å². The standard InChI is InChI=1S/C14H22N2O2S/c1-14(2)9-8-12(10-14)16-11-4-6-13(7-5-11)19(17,18)15-3/h4-7,12,15-16H,8-10H2,1-3H3. The second kappa shape index (κ2) is 5.13. The van der Waals surface area contributed by atoms with Crippen LogP contribution in [0.5, 0.6) is 0 Å². The Balaban J connectivity index is 2.04. The molecule has 1 fully saturated rings. The SMILES string of the molecule is CNS(=O)(=O)c1ccc(NC2CCC(C)(C)C2)cc1. The third kappa shape index (κ3) is 3.48. The molecule has 1 saturated carbocycles. The van der Waals surface area contributed by atoms with Crippen LogP contribution in [0.25, 0.3) is 0 Å². The van der Waals surface area contributed by atoms with E-state index in [0.29, 0.717) is 16.4 Å². The van der Waals surface area contributed by atoms with E-state index in [1.807, 2.05) is 12.1 Å². The fourth-order valence-corrected chi connectivity index (χ4v) is 3.37. The molecule has 0 aromatic heterocycles. The molecule has 0 spiro atoms. The van der Waals surface area contributed by atoms with Crippen LogP contribution in [0.15, 0.2) is 29.2 Å². The number of sulfonamides is 1. The highest BCUT2D eigenvalue weighted by molar-refractivity contribution is 7.89. The second-order valence-corrected chi connectivity index (χ2v) is 7.87. The zero-order chi connectivity index (χ0) is 14.1. The minimum Gasteiger partial charge on any atom is -0.382 e. The van der Waals surface area contributed by atoms with E-state index < -0.39 is 10.0 Å². The van der Waals surface area contributed by atoms with Gasteiger partial charge in [-0.2, -0.15) is 0 Å². The van der Waals surface area contributed by atoms with Crippen molar-refractivity contribution in [2.24, 2.45) is 5.41 Å². The monoisotopic (exact) mass is 282 g/mol. The van der Waals surface area contributed by atoms with Gasteiger partial charge in [0, 0.05) is 11.7 Å². The van der Waals surface area contributed by atoms with E-state index in [0.717, 1.165) is 12.1 Å². The first-order chi connectivity index (χ1) is 8.82. The summed E-state index contributed by atoms with van der Waals surface area (Å²) in [4.78, 5) is 0.298. The molecule has 1 atom stereocenters. The Hall–Kier alpha value is -1.07. The van der Waals surface area contributed by atoms with E-state index in [4.69, 9.17) is 0 Å². The number of hydrogen-bond acceptors (Lipinski definition) is 3. The lowest BCUT2D eigenvalue weighted by molar-refractivity contribution is 0.378. The normalized spacial score (nSPS) is 22.4. The maximum atomic E-state index is 11.6. The number of rotatable bonds is 4. The predicted molar refractivity (Wildman–Crippen MR) is 77.7 cm³/mol. The molecule has 0 aliphatic heterocycles. The van der Waals surface area contributed by atoms with Crippen LogP contribution in [-0.2, 0) is 10.0 Å². The molecule has 1 aromatic carbocycles. The number of anilines is 1. The predicted octanol–water partition coefficient (Wildman–Crippen LogP) is 2.59. The highest BCUT2D eigenvalue weighted by Crippen LogP contribution is 2.38. The fraction of sp³-hybridized carbons (Fsp3) is 0.571. The van der Waals surface area contributed by atoms with Crippen LogP contribution in [0.1, 0.15) is 33.1 Å².